The number of carboxylic acids is 1. The van der Waals surface area contributed by atoms with Crippen molar-refractivity contribution in [2.75, 3.05) is 58.1 Å². The number of unbranched alkanes of at least 4 members (excludes halogenated alkanes) is 2. The maximum atomic E-state index is 13.5. The summed E-state index contributed by atoms with van der Waals surface area (Å²) in [4.78, 5) is 60.4. The van der Waals surface area contributed by atoms with E-state index in [9.17, 15) is 37.1 Å². The predicted molar refractivity (Wildman–Crippen MR) is 186 cm³/mol. The van der Waals surface area contributed by atoms with Crippen molar-refractivity contribution in [2.45, 2.75) is 51.0 Å². The molecule has 2 atom stereocenters. The minimum Gasteiger partial charge on any atom is -0.481 e. The van der Waals surface area contributed by atoms with Gasteiger partial charge in [0.15, 0.2) is 9.84 Å². The molecule has 2 unspecified atom stereocenters. The number of halogens is 3. The van der Waals surface area contributed by atoms with Crippen LogP contribution in [-0.4, -0.2) is 105 Å². The highest BCUT2D eigenvalue weighted by molar-refractivity contribution is 7.92. The van der Waals surface area contributed by atoms with Crippen molar-refractivity contribution in [3.63, 3.8) is 0 Å². The fourth-order valence-electron chi connectivity index (χ4n) is 4.78. The van der Waals surface area contributed by atoms with Crippen LogP contribution >= 0.6 is 23.2 Å². The maximum absolute atomic E-state index is 13.5. The molecule has 278 valence electrons. The number of benzene rings is 1. The average molecular weight is 763 g/mol. The van der Waals surface area contributed by atoms with E-state index in [1.165, 1.54) is 30.3 Å². The maximum Gasteiger partial charge on any atom is 0.305 e. The molecule has 0 spiro atoms. The smallest absolute Gasteiger partial charge is 0.305 e. The summed E-state index contributed by atoms with van der Waals surface area (Å²) in [6.45, 7) is -0.920. The lowest BCUT2D eigenvalue weighted by Crippen LogP contribution is -2.43. The number of nitrogens with one attached hydrogen (secondary N) is 2. The predicted octanol–water partition coefficient (Wildman–Crippen LogP) is 3.78. The van der Waals surface area contributed by atoms with Gasteiger partial charge >= 0.3 is 5.97 Å². The fourth-order valence-corrected chi connectivity index (χ4v) is 6.50. The van der Waals surface area contributed by atoms with Crippen molar-refractivity contribution in [3.05, 3.63) is 63.9 Å². The normalized spacial score (nSPS) is 12.7. The largest absolute Gasteiger partial charge is 0.481 e. The second kappa shape index (κ2) is 23.3. The van der Waals surface area contributed by atoms with Gasteiger partial charge in [-0.2, -0.15) is 5.06 Å². The zero-order valence-corrected chi connectivity index (χ0v) is 30.3. The van der Waals surface area contributed by atoms with Crippen LogP contribution in [0.25, 0.3) is 0 Å². The topological polar surface area (TPSA) is 181 Å². The number of pyridine rings is 1. The summed E-state index contributed by atoms with van der Waals surface area (Å²) in [6.07, 6.45) is 3.98. The third-order valence-corrected chi connectivity index (χ3v) is 9.26. The summed E-state index contributed by atoms with van der Waals surface area (Å²) in [5.74, 6) is -5.48. The minimum atomic E-state index is -3.90. The van der Waals surface area contributed by atoms with E-state index in [1.54, 1.807) is 6.20 Å². The van der Waals surface area contributed by atoms with Crippen LogP contribution in [-0.2, 0) is 45.0 Å². The van der Waals surface area contributed by atoms with Gasteiger partial charge in [0.1, 0.15) is 18.2 Å². The summed E-state index contributed by atoms with van der Waals surface area (Å²) < 4.78 is 42.3. The van der Waals surface area contributed by atoms with Crippen LogP contribution in [0.4, 0.5) is 4.39 Å². The van der Waals surface area contributed by atoms with E-state index in [0.29, 0.717) is 12.0 Å². The lowest BCUT2D eigenvalue weighted by Gasteiger charge is -2.23. The Kier molecular flexibility index (Phi) is 20.0. The van der Waals surface area contributed by atoms with E-state index in [0.717, 1.165) is 25.0 Å². The van der Waals surface area contributed by atoms with Crippen LogP contribution < -0.4 is 10.6 Å². The zero-order valence-electron chi connectivity index (χ0n) is 28.0. The van der Waals surface area contributed by atoms with Gasteiger partial charge in [0.2, 0.25) is 11.8 Å². The zero-order chi connectivity index (χ0) is 36.9. The van der Waals surface area contributed by atoms with Crippen molar-refractivity contribution < 1.29 is 46.7 Å². The standard InChI is InChI=1S/C33H45Cl2FN4O9S/c1-40(49-15-14-48-13-10-36)12-16-50(46,47)23-31(42)38-22-25(19-29(41)9-4-2-3-7-28-8-5-6-11-37-28)33(45)39-30(21-32(43)44)24-17-26(34)20-27(35)18-24/h5-6,8,11,17-18,20,25,30H,2-4,7,9-10,12-16,19,21-23H2,1H3,(H,38,42)(H,39,45)(H,43,44)/i36-1. The average Bonchev–Trinajstić information content (AvgIpc) is 3.04. The molecule has 2 aromatic rings. The number of carbonyl (C=O) groups is 4. The Labute approximate surface area is 302 Å². The summed E-state index contributed by atoms with van der Waals surface area (Å²) in [5, 5.41) is 16.3. The van der Waals surface area contributed by atoms with Crippen molar-refractivity contribution in [3.8, 4) is 0 Å². The number of hydrogen-bond donors (Lipinski definition) is 3. The number of aliphatic carboxylic acids is 1. The first-order valence-corrected chi connectivity index (χ1v) is 18.7. The van der Waals surface area contributed by atoms with E-state index < -0.39 is 64.2 Å². The van der Waals surface area contributed by atoms with Gasteiger partial charge in [-0.1, -0.05) is 35.7 Å². The summed E-state index contributed by atoms with van der Waals surface area (Å²) in [5.41, 5.74) is 1.27. The van der Waals surface area contributed by atoms with Gasteiger partial charge in [-0.05, 0) is 55.2 Å². The van der Waals surface area contributed by atoms with Crippen LogP contribution in [0.1, 0.15) is 55.8 Å². The number of aryl methyl sites for hydroxylation is 1. The number of Topliss-reactive ketones (excluding diaryl/α,β-unsaturated/α-hetero) is 1. The number of amides is 2. The Hall–Kier alpha value is -3.21. The van der Waals surface area contributed by atoms with Crippen molar-refractivity contribution in [2.24, 2.45) is 5.92 Å². The number of ketones is 1. The number of hydroxylamine groups is 2. The molecule has 0 saturated heterocycles. The highest BCUT2D eigenvalue weighted by Gasteiger charge is 2.28. The number of carbonyl (C=O) groups excluding carboxylic acids is 3. The van der Waals surface area contributed by atoms with E-state index >= 15 is 0 Å². The Bertz CT molecular complexity index is 1470. The molecule has 3 N–H and O–H groups in total. The number of sulfone groups is 1. The summed E-state index contributed by atoms with van der Waals surface area (Å²) in [7, 11) is -2.40. The summed E-state index contributed by atoms with van der Waals surface area (Å²) >= 11 is 12.2. The van der Waals surface area contributed by atoms with Gasteiger partial charge in [0, 0.05) is 54.9 Å². The highest BCUT2D eigenvalue weighted by atomic mass is 35.5. The quantitative estimate of drug-likeness (QED) is 0.0938. The third-order valence-electron chi connectivity index (χ3n) is 7.32. The number of rotatable bonds is 26. The van der Waals surface area contributed by atoms with Crippen molar-refractivity contribution >= 4 is 56.6 Å². The monoisotopic (exact) mass is 761 g/mol. The number of carboxylic acid groups (broad SMARTS) is 1. The van der Waals surface area contributed by atoms with Gasteiger partial charge in [-0.15, -0.1) is 0 Å². The first-order chi connectivity index (χ1) is 23.8. The van der Waals surface area contributed by atoms with Crippen LogP contribution in [0.15, 0.2) is 42.6 Å². The van der Waals surface area contributed by atoms with Gasteiger partial charge in [0.05, 0.1) is 44.0 Å². The van der Waals surface area contributed by atoms with Crippen LogP contribution in [0.2, 0.25) is 10.0 Å². The number of ether oxygens (including phenoxy) is 1. The lowest BCUT2D eigenvalue weighted by atomic mass is 9.96. The summed E-state index contributed by atoms with van der Waals surface area (Å²) in [6, 6.07) is 8.96. The van der Waals surface area contributed by atoms with Crippen LogP contribution in [0.3, 0.4) is 0 Å². The molecule has 0 aliphatic heterocycles. The first-order valence-electron chi connectivity index (χ1n) is 16.1. The van der Waals surface area contributed by atoms with Crippen molar-refractivity contribution in [1.29, 1.82) is 0 Å². The molecule has 0 aliphatic rings. The Balaban J connectivity index is 2.02. The highest BCUT2D eigenvalue weighted by Crippen LogP contribution is 2.26. The molecule has 1 aromatic carbocycles. The fraction of sp³-hybridized carbons (Fsp3) is 0.545. The van der Waals surface area contributed by atoms with Gasteiger partial charge in [-0.3, -0.25) is 29.0 Å². The van der Waals surface area contributed by atoms with E-state index in [4.69, 9.17) is 32.8 Å². The molecule has 0 radical (unpaired) electrons. The lowest BCUT2D eigenvalue weighted by molar-refractivity contribution is -0.148. The molecular formula is C33H45Cl2FN4O9S. The molecule has 1 aromatic heterocycles. The molecule has 17 heteroatoms. The molecule has 2 amide bonds. The SMILES string of the molecule is CN(CCS(=O)(=O)CC(=O)NCC(CC(=O)CCCCCc1ccccn1)C(=O)NC(CC(=O)O)c1cc(Cl)cc(Cl)c1)OCCOCC[18F]. The second-order valence-electron chi connectivity index (χ2n) is 11.6. The van der Waals surface area contributed by atoms with Crippen molar-refractivity contribution in [1.82, 2.24) is 20.7 Å². The first kappa shape index (κ1) is 43.0. The molecule has 13 nitrogen and oxygen atoms in total. The Morgan fingerprint density at radius 2 is 1.76 bits per heavy atom. The Morgan fingerprint density at radius 3 is 2.42 bits per heavy atom. The van der Waals surface area contributed by atoms with E-state index in [2.05, 4.69) is 15.6 Å². The van der Waals surface area contributed by atoms with Crippen LogP contribution in [0.5, 0.6) is 0 Å². The molecule has 2 rings (SSSR count). The minimum absolute atomic E-state index is 0.0569. The number of hydrogen-bond acceptors (Lipinski definition) is 10. The molecule has 0 bridgehead atoms. The number of aromatic nitrogens is 1. The van der Waals surface area contributed by atoms with Gasteiger partial charge < -0.3 is 20.5 Å². The molecule has 0 fully saturated rings. The molecule has 0 aliphatic carbocycles. The van der Waals surface area contributed by atoms with Crippen LogP contribution in [0, 0.1) is 5.92 Å². The van der Waals surface area contributed by atoms with E-state index in [1.807, 2.05) is 18.2 Å². The van der Waals surface area contributed by atoms with E-state index in [-0.39, 0.29) is 61.6 Å². The third kappa shape index (κ3) is 18.7. The van der Waals surface area contributed by atoms with Gasteiger partial charge in [0.25, 0.3) is 0 Å². The Morgan fingerprint density at radius 1 is 1.02 bits per heavy atom. The number of alkyl halides is 1. The molecule has 0 saturated carbocycles. The molecule has 1 heterocycles. The van der Waals surface area contributed by atoms with Gasteiger partial charge in [-0.25, -0.2) is 12.8 Å². The molecular weight excluding hydrogens is 717 g/mol. The second-order valence-corrected chi connectivity index (χ2v) is 14.6. The molecule has 50 heavy (non-hydrogen) atoms. The number of nitrogens with zero attached hydrogens (tertiary/aromatic N) is 2.